The standard InChI is InChI=1S/C10H16/c1-9-5-2-3-6-10(9)7-4-8-10/h1-8H2. The van der Waals surface area contributed by atoms with Gasteiger partial charge in [0, 0.05) is 0 Å². The van der Waals surface area contributed by atoms with Gasteiger partial charge in [0.25, 0.3) is 0 Å². The Bertz CT molecular complexity index is 151. The van der Waals surface area contributed by atoms with Gasteiger partial charge in [-0.1, -0.05) is 25.0 Å². The molecule has 10 heavy (non-hydrogen) atoms. The summed E-state index contributed by atoms with van der Waals surface area (Å²) < 4.78 is 0. The molecule has 2 fully saturated rings. The summed E-state index contributed by atoms with van der Waals surface area (Å²) in [5.74, 6) is 0. The van der Waals surface area contributed by atoms with E-state index >= 15 is 0 Å². The van der Waals surface area contributed by atoms with Crippen LogP contribution in [0.3, 0.4) is 0 Å². The molecule has 0 radical (unpaired) electrons. The van der Waals surface area contributed by atoms with E-state index in [4.69, 9.17) is 0 Å². The van der Waals surface area contributed by atoms with Crippen LogP contribution in [-0.2, 0) is 0 Å². The Morgan fingerprint density at radius 3 is 2.10 bits per heavy atom. The molecule has 0 atom stereocenters. The molecular formula is C10H16. The molecule has 2 saturated carbocycles. The van der Waals surface area contributed by atoms with Crippen LogP contribution in [0.2, 0.25) is 0 Å². The lowest BCUT2D eigenvalue weighted by molar-refractivity contribution is 0.142. The van der Waals surface area contributed by atoms with Crippen molar-refractivity contribution < 1.29 is 0 Å². The van der Waals surface area contributed by atoms with Crippen molar-refractivity contribution in [1.29, 1.82) is 0 Å². The van der Waals surface area contributed by atoms with E-state index < -0.39 is 0 Å². The second-order valence-corrected chi connectivity index (χ2v) is 3.94. The predicted octanol–water partition coefficient (Wildman–Crippen LogP) is 3.29. The quantitative estimate of drug-likeness (QED) is 0.448. The number of allylic oxidation sites excluding steroid dienone is 1. The lowest BCUT2D eigenvalue weighted by atomic mass is 9.59. The van der Waals surface area contributed by atoms with Crippen LogP contribution in [-0.4, -0.2) is 0 Å². The van der Waals surface area contributed by atoms with Gasteiger partial charge in [0.1, 0.15) is 0 Å². The van der Waals surface area contributed by atoms with E-state index in [0.717, 1.165) is 0 Å². The SMILES string of the molecule is C=C1CCCCC12CCC2. The van der Waals surface area contributed by atoms with Gasteiger partial charge in [0.2, 0.25) is 0 Å². The van der Waals surface area contributed by atoms with Gasteiger partial charge in [0.15, 0.2) is 0 Å². The molecule has 2 rings (SSSR count). The molecule has 0 amide bonds. The second kappa shape index (κ2) is 2.11. The molecule has 0 aliphatic heterocycles. The number of rotatable bonds is 0. The molecule has 2 aliphatic rings. The zero-order valence-electron chi connectivity index (χ0n) is 6.66. The summed E-state index contributed by atoms with van der Waals surface area (Å²) in [6, 6.07) is 0. The summed E-state index contributed by atoms with van der Waals surface area (Å²) in [5.41, 5.74) is 2.24. The molecule has 0 aromatic rings. The summed E-state index contributed by atoms with van der Waals surface area (Å²) >= 11 is 0. The van der Waals surface area contributed by atoms with Gasteiger partial charge in [-0.15, -0.1) is 0 Å². The van der Waals surface area contributed by atoms with Gasteiger partial charge in [0.05, 0.1) is 0 Å². The highest BCUT2D eigenvalue weighted by molar-refractivity contribution is 5.16. The van der Waals surface area contributed by atoms with E-state index in [1.54, 1.807) is 5.57 Å². The summed E-state index contributed by atoms with van der Waals surface area (Å²) in [6.45, 7) is 4.19. The normalized spacial score (nSPS) is 30.2. The molecule has 0 bridgehead atoms. The Balaban J connectivity index is 2.10. The van der Waals surface area contributed by atoms with Crippen molar-refractivity contribution in [2.75, 3.05) is 0 Å². The molecule has 1 spiro atoms. The molecule has 56 valence electrons. The second-order valence-electron chi connectivity index (χ2n) is 3.94. The minimum absolute atomic E-state index is 0.665. The Morgan fingerprint density at radius 2 is 1.70 bits per heavy atom. The van der Waals surface area contributed by atoms with Crippen LogP contribution in [0.25, 0.3) is 0 Å². The highest BCUT2D eigenvalue weighted by Gasteiger charge is 2.40. The summed E-state index contributed by atoms with van der Waals surface area (Å²) in [6.07, 6.45) is 9.99. The third-order valence-electron chi connectivity index (χ3n) is 3.44. The maximum atomic E-state index is 4.19. The van der Waals surface area contributed by atoms with Gasteiger partial charge in [-0.3, -0.25) is 0 Å². The molecule has 0 heteroatoms. The van der Waals surface area contributed by atoms with Gasteiger partial charge < -0.3 is 0 Å². The van der Waals surface area contributed by atoms with Crippen molar-refractivity contribution in [3.63, 3.8) is 0 Å². The number of hydrogen-bond donors (Lipinski definition) is 0. The van der Waals surface area contributed by atoms with Crippen molar-refractivity contribution in [2.24, 2.45) is 5.41 Å². The first-order valence-corrected chi connectivity index (χ1v) is 4.52. The fraction of sp³-hybridized carbons (Fsp3) is 0.800. The smallest absolute Gasteiger partial charge is 0.00908 e. The monoisotopic (exact) mass is 136 g/mol. The van der Waals surface area contributed by atoms with E-state index in [0.29, 0.717) is 5.41 Å². The van der Waals surface area contributed by atoms with Gasteiger partial charge in [-0.05, 0) is 37.5 Å². The molecule has 0 saturated heterocycles. The highest BCUT2D eigenvalue weighted by atomic mass is 14.4. The van der Waals surface area contributed by atoms with Crippen molar-refractivity contribution >= 4 is 0 Å². The van der Waals surface area contributed by atoms with E-state index in [2.05, 4.69) is 6.58 Å². The Hall–Kier alpha value is -0.260. The van der Waals surface area contributed by atoms with Crippen LogP contribution >= 0.6 is 0 Å². The molecular weight excluding hydrogens is 120 g/mol. The molecule has 0 nitrogen and oxygen atoms in total. The van der Waals surface area contributed by atoms with Crippen LogP contribution in [0.1, 0.15) is 44.9 Å². The van der Waals surface area contributed by atoms with E-state index in [-0.39, 0.29) is 0 Å². The summed E-state index contributed by atoms with van der Waals surface area (Å²) in [7, 11) is 0. The van der Waals surface area contributed by atoms with Crippen molar-refractivity contribution in [3.05, 3.63) is 12.2 Å². The first-order chi connectivity index (χ1) is 4.83. The third kappa shape index (κ3) is 0.744. The molecule has 0 aromatic carbocycles. The van der Waals surface area contributed by atoms with Gasteiger partial charge in [-0.25, -0.2) is 0 Å². The number of hydrogen-bond acceptors (Lipinski definition) is 0. The van der Waals surface area contributed by atoms with E-state index in [1.165, 1.54) is 44.9 Å². The van der Waals surface area contributed by atoms with Crippen molar-refractivity contribution in [1.82, 2.24) is 0 Å². The summed E-state index contributed by atoms with van der Waals surface area (Å²) in [5, 5.41) is 0. The average molecular weight is 136 g/mol. The minimum atomic E-state index is 0.665. The topological polar surface area (TPSA) is 0 Å². The first-order valence-electron chi connectivity index (χ1n) is 4.52. The maximum absolute atomic E-state index is 4.19. The van der Waals surface area contributed by atoms with Crippen LogP contribution in [0.4, 0.5) is 0 Å². The van der Waals surface area contributed by atoms with Gasteiger partial charge in [-0.2, -0.15) is 0 Å². The Labute approximate surface area is 63.3 Å². The fourth-order valence-corrected chi connectivity index (χ4v) is 2.45. The summed E-state index contributed by atoms with van der Waals surface area (Å²) in [4.78, 5) is 0. The Kier molecular flexibility index (Phi) is 1.36. The minimum Gasteiger partial charge on any atom is -0.0993 e. The fourth-order valence-electron chi connectivity index (χ4n) is 2.45. The van der Waals surface area contributed by atoms with Crippen LogP contribution in [0.15, 0.2) is 12.2 Å². The van der Waals surface area contributed by atoms with Crippen molar-refractivity contribution in [2.45, 2.75) is 44.9 Å². The van der Waals surface area contributed by atoms with Crippen LogP contribution < -0.4 is 0 Å². The molecule has 0 unspecified atom stereocenters. The third-order valence-corrected chi connectivity index (χ3v) is 3.44. The first kappa shape index (κ1) is 6.45. The van der Waals surface area contributed by atoms with E-state index in [1.807, 2.05) is 0 Å². The van der Waals surface area contributed by atoms with Gasteiger partial charge >= 0.3 is 0 Å². The largest absolute Gasteiger partial charge is 0.0993 e. The molecule has 0 heterocycles. The van der Waals surface area contributed by atoms with Crippen molar-refractivity contribution in [3.8, 4) is 0 Å². The maximum Gasteiger partial charge on any atom is -0.00908 e. The highest BCUT2D eigenvalue weighted by Crippen LogP contribution is 2.53. The predicted molar refractivity (Wildman–Crippen MR) is 43.9 cm³/mol. The Morgan fingerprint density at radius 1 is 1.00 bits per heavy atom. The van der Waals surface area contributed by atoms with E-state index in [9.17, 15) is 0 Å². The zero-order chi connectivity index (χ0) is 7.03. The average Bonchev–Trinajstić information content (AvgIpc) is 1.85. The lowest BCUT2D eigenvalue weighted by Crippen LogP contribution is -2.33. The molecule has 0 N–H and O–H groups in total. The molecule has 0 aromatic heterocycles. The van der Waals surface area contributed by atoms with Crippen LogP contribution in [0.5, 0.6) is 0 Å². The van der Waals surface area contributed by atoms with Crippen LogP contribution in [0, 0.1) is 5.41 Å². The zero-order valence-corrected chi connectivity index (χ0v) is 6.66. The molecule has 2 aliphatic carbocycles. The lowest BCUT2D eigenvalue weighted by Gasteiger charge is -2.46.